The molecule has 2 fully saturated rings. The SMILES string of the molecule is COc1ccc2[nH]cc([C@@H](C(=O)O)N3CCN(CC(=O)N4CCCC4)CC3)c2c1. The Labute approximate surface area is 170 Å². The van der Waals surface area contributed by atoms with Gasteiger partial charge in [-0.3, -0.25) is 19.4 Å². The van der Waals surface area contributed by atoms with Crippen molar-refractivity contribution < 1.29 is 19.4 Å². The van der Waals surface area contributed by atoms with Crippen LogP contribution in [0.2, 0.25) is 0 Å². The molecule has 156 valence electrons. The Morgan fingerprint density at radius 1 is 1.14 bits per heavy atom. The fraction of sp³-hybridized carbons (Fsp3) is 0.524. The first-order valence-electron chi connectivity index (χ1n) is 10.2. The van der Waals surface area contributed by atoms with Crippen LogP contribution in [0.25, 0.3) is 10.9 Å². The van der Waals surface area contributed by atoms with Crippen LogP contribution in [0.15, 0.2) is 24.4 Å². The highest BCUT2D eigenvalue weighted by molar-refractivity contribution is 5.90. The van der Waals surface area contributed by atoms with Crippen molar-refractivity contribution in [1.29, 1.82) is 0 Å². The second-order valence-corrected chi connectivity index (χ2v) is 7.80. The van der Waals surface area contributed by atoms with Gasteiger partial charge in [0.05, 0.1) is 13.7 Å². The van der Waals surface area contributed by atoms with Gasteiger partial charge >= 0.3 is 5.97 Å². The third-order valence-corrected chi connectivity index (χ3v) is 6.04. The summed E-state index contributed by atoms with van der Waals surface area (Å²) in [5.74, 6) is 0.0255. The fourth-order valence-corrected chi connectivity index (χ4v) is 4.40. The average molecular weight is 400 g/mol. The van der Waals surface area contributed by atoms with Gasteiger partial charge in [0, 0.05) is 61.9 Å². The van der Waals surface area contributed by atoms with Crippen molar-refractivity contribution in [2.75, 3.05) is 52.9 Å². The van der Waals surface area contributed by atoms with E-state index in [9.17, 15) is 14.7 Å². The van der Waals surface area contributed by atoms with Gasteiger partial charge in [0.2, 0.25) is 5.91 Å². The van der Waals surface area contributed by atoms with E-state index in [0.29, 0.717) is 38.5 Å². The molecule has 0 unspecified atom stereocenters. The minimum absolute atomic E-state index is 0.189. The Bertz CT molecular complexity index is 882. The van der Waals surface area contributed by atoms with E-state index in [0.717, 1.165) is 42.4 Å². The number of ether oxygens (including phenoxy) is 1. The van der Waals surface area contributed by atoms with Crippen LogP contribution < -0.4 is 4.74 Å². The van der Waals surface area contributed by atoms with Gasteiger partial charge in [0.25, 0.3) is 0 Å². The molecule has 4 rings (SSSR count). The van der Waals surface area contributed by atoms with Gasteiger partial charge < -0.3 is 19.7 Å². The first kappa shape index (κ1) is 19.7. The number of hydrogen-bond acceptors (Lipinski definition) is 5. The number of nitrogens with zero attached hydrogens (tertiary/aromatic N) is 3. The molecule has 8 heteroatoms. The highest BCUT2D eigenvalue weighted by Crippen LogP contribution is 2.31. The quantitative estimate of drug-likeness (QED) is 0.765. The molecule has 2 aromatic rings. The number of piperazine rings is 1. The van der Waals surface area contributed by atoms with E-state index in [1.807, 2.05) is 28.0 Å². The molecule has 1 amide bonds. The molecule has 2 aliphatic rings. The Balaban J connectivity index is 1.45. The topological polar surface area (TPSA) is 89.1 Å². The van der Waals surface area contributed by atoms with Crippen LogP contribution >= 0.6 is 0 Å². The van der Waals surface area contributed by atoms with Gasteiger partial charge in [0.1, 0.15) is 11.8 Å². The van der Waals surface area contributed by atoms with Crippen LogP contribution in [0.4, 0.5) is 0 Å². The number of hydrogen-bond donors (Lipinski definition) is 2. The number of rotatable bonds is 6. The summed E-state index contributed by atoms with van der Waals surface area (Å²) >= 11 is 0. The molecule has 0 radical (unpaired) electrons. The number of aromatic nitrogens is 1. The summed E-state index contributed by atoms with van der Waals surface area (Å²) in [6, 6.07) is 4.90. The van der Waals surface area contributed by atoms with Gasteiger partial charge in [0.15, 0.2) is 0 Å². The van der Waals surface area contributed by atoms with Gasteiger partial charge in [-0.05, 0) is 31.0 Å². The lowest BCUT2D eigenvalue weighted by Gasteiger charge is -2.37. The molecule has 0 spiro atoms. The van der Waals surface area contributed by atoms with Crippen molar-refractivity contribution in [3.05, 3.63) is 30.0 Å². The molecule has 1 aromatic heterocycles. The summed E-state index contributed by atoms with van der Waals surface area (Å²) in [7, 11) is 1.60. The second kappa shape index (κ2) is 8.42. The van der Waals surface area contributed by atoms with E-state index in [4.69, 9.17) is 4.74 Å². The number of amides is 1. The van der Waals surface area contributed by atoms with Crippen LogP contribution in [-0.4, -0.2) is 89.6 Å². The van der Waals surface area contributed by atoms with Crippen LogP contribution in [-0.2, 0) is 9.59 Å². The van der Waals surface area contributed by atoms with E-state index in [1.165, 1.54) is 0 Å². The first-order chi connectivity index (χ1) is 14.1. The number of aliphatic carboxylic acids is 1. The second-order valence-electron chi connectivity index (χ2n) is 7.80. The van der Waals surface area contributed by atoms with Gasteiger partial charge in [-0.2, -0.15) is 0 Å². The van der Waals surface area contributed by atoms with Crippen LogP contribution in [0, 0.1) is 0 Å². The standard InChI is InChI=1S/C21H28N4O4/c1-29-15-4-5-18-16(12-15)17(13-22-18)20(21(27)28)25-10-8-23(9-11-25)14-19(26)24-6-2-3-7-24/h4-5,12-13,20,22H,2-3,6-11,14H2,1H3,(H,27,28)/t20-/m0/s1. The largest absolute Gasteiger partial charge is 0.497 e. The third-order valence-electron chi connectivity index (χ3n) is 6.04. The number of methoxy groups -OCH3 is 1. The highest BCUT2D eigenvalue weighted by atomic mass is 16.5. The number of carbonyl (C=O) groups is 2. The summed E-state index contributed by atoms with van der Waals surface area (Å²) in [5, 5.41) is 10.8. The van der Waals surface area contributed by atoms with E-state index in [2.05, 4.69) is 9.88 Å². The summed E-state index contributed by atoms with van der Waals surface area (Å²) < 4.78 is 5.31. The number of carboxylic acid groups (broad SMARTS) is 1. The predicted octanol–water partition coefficient (Wildman–Crippen LogP) is 1.54. The smallest absolute Gasteiger partial charge is 0.325 e. The number of benzene rings is 1. The zero-order chi connectivity index (χ0) is 20.4. The van der Waals surface area contributed by atoms with Crippen molar-refractivity contribution in [3.63, 3.8) is 0 Å². The molecule has 8 nitrogen and oxygen atoms in total. The minimum atomic E-state index is -0.865. The van der Waals surface area contributed by atoms with Crippen LogP contribution in [0.5, 0.6) is 5.75 Å². The van der Waals surface area contributed by atoms with E-state index >= 15 is 0 Å². The van der Waals surface area contributed by atoms with Crippen molar-refractivity contribution in [2.24, 2.45) is 0 Å². The molecule has 29 heavy (non-hydrogen) atoms. The van der Waals surface area contributed by atoms with Crippen molar-refractivity contribution >= 4 is 22.8 Å². The number of aromatic amines is 1. The molecular weight excluding hydrogens is 372 g/mol. The van der Waals surface area contributed by atoms with E-state index < -0.39 is 12.0 Å². The molecule has 0 bridgehead atoms. The summed E-state index contributed by atoms with van der Waals surface area (Å²) in [4.78, 5) is 33.8. The first-order valence-corrected chi connectivity index (χ1v) is 10.2. The molecule has 1 aromatic carbocycles. The average Bonchev–Trinajstić information content (AvgIpc) is 3.39. The van der Waals surface area contributed by atoms with Crippen LogP contribution in [0.1, 0.15) is 24.4 Å². The number of carbonyl (C=O) groups excluding carboxylic acids is 1. The molecular formula is C21H28N4O4. The third kappa shape index (κ3) is 4.09. The Morgan fingerprint density at radius 3 is 2.52 bits per heavy atom. The lowest BCUT2D eigenvalue weighted by molar-refractivity contribution is -0.145. The molecule has 2 aliphatic heterocycles. The zero-order valence-corrected chi connectivity index (χ0v) is 16.8. The van der Waals surface area contributed by atoms with Crippen molar-refractivity contribution in [1.82, 2.24) is 19.7 Å². The summed E-state index contributed by atoms with van der Waals surface area (Å²) in [6.45, 7) is 4.76. The molecule has 0 saturated carbocycles. The zero-order valence-electron chi connectivity index (χ0n) is 16.8. The maximum atomic E-state index is 12.4. The Hall–Kier alpha value is -2.58. The minimum Gasteiger partial charge on any atom is -0.497 e. The molecule has 1 atom stereocenters. The van der Waals surface area contributed by atoms with E-state index in [1.54, 1.807) is 13.3 Å². The van der Waals surface area contributed by atoms with Crippen molar-refractivity contribution in [3.8, 4) is 5.75 Å². The van der Waals surface area contributed by atoms with Crippen molar-refractivity contribution in [2.45, 2.75) is 18.9 Å². The Kier molecular flexibility index (Phi) is 5.73. The highest BCUT2D eigenvalue weighted by Gasteiger charge is 2.33. The lowest BCUT2D eigenvalue weighted by Crippen LogP contribution is -2.51. The predicted molar refractivity (Wildman–Crippen MR) is 109 cm³/mol. The number of nitrogens with one attached hydrogen (secondary N) is 1. The normalized spacial score (nSPS) is 19.6. The Morgan fingerprint density at radius 2 is 1.86 bits per heavy atom. The maximum absolute atomic E-state index is 12.4. The number of likely N-dealkylation sites (tertiary alicyclic amines) is 1. The van der Waals surface area contributed by atoms with Gasteiger partial charge in [-0.1, -0.05) is 0 Å². The lowest BCUT2D eigenvalue weighted by atomic mass is 10.0. The molecule has 3 heterocycles. The van der Waals surface area contributed by atoms with Gasteiger partial charge in [-0.25, -0.2) is 0 Å². The number of carboxylic acids is 1. The molecule has 2 N–H and O–H groups in total. The number of H-pyrrole nitrogens is 1. The number of fused-ring (bicyclic) bond motifs is 1. The summed E-state index contributed by atoms with van der Waals surface area (Å²) in [6.07, 6.45) is 3.97. The monoisotopic (exact) mass is 400 g/mol. The summed E-state index contributed by atoms with van der Waals surface area (Å²) in [5.41, 5.74) is 1.63. The maximum Gasteiger partial charge on any atom is 0.325 e. The van der Waals surface area contributed by atoms with Gasteiger partial charge in [-0.15, -0.1) is 0 Å². The molecule has 0 aliphatic carbocycles. The molecule has 2 saturated heterocycles. The fourth-order valence-electron chi connectivity index (χ4n) is 4.40. The van der Waals surface area contributed by atoms with Crippen LogP contribution in [0.3, 0.4) is 0 Å². The van der Waals surface area contributed by atoms with E-state index in [-0.39, 0.29) is 5.91 Å².